The lowest BCUT2D eigenvalue weighted by Gasteiger charge is -2.26. The average molecular weight is 391 g/mol. The fraction of sp³-hybridized carbons (Fsp3) is 0.400. The Labute approximate surface area is 163 Å². The molecule has 0 saturated heterocycles. The number of hydrogen-bond acceptors (Lipinski definition) is 3. The summed E-state index contributed by atoms with van der Waals surface area (Å²) in [6.07, 6.45) is 5.74. The molecule has 0 saturated carbocycles. The highest BCUT2D eigenvalue weighted by Crippen LogP contribution is 2.19. The quantitative estimate of drug-likeness (QED) is 0.768. The summed E-state index contributed by atoms with van der Waals surface area (Å²) in [4.78, 5) is 19.1. The Bertz CT molecular complexity index is 929. The van der Waals surface area contributed by atoms with Crippen molar-refractivity contribution in [3.8, 4) is 0 Å². The molecule has 0 bridgehead atoms. The first-order valence-corrected chi connectivity index (χ1v) is 9.47. The van der Waals surface area contributed by atoms with E-state index in [4.69, 9.17) is 11.6 Å². The van der Waals surface area contributed by atoms with Gasteiger partial charge in [0, 0.05) is 43.5 Å². The van der Waals surface area contributed by atoms with Crippen LogP contribution in [-0.2, 0) is 19.5 Å². The van der Waals surface area contributed by atoms with Crippen LogP contribution in [0.3, 0.4) is 0 Å². The Kier molecular flexibility index (Phi) is 6.29. The van der Waals surface area contributed by atoms with Gasteiger partial charge in [-0.15, -0.1) is 0 Å². The molecule has 0 radical (unpaired) electrons. The first-order chi connectivity index (χ1) is 13.0. The third-order valence-corrected chi connectivity index (χ3v) is 5.06. The molecule has 0 amide bonds. The van der Waals surface area contributed by atoms with Gasteiger partial charge in [-0.1, -0.05) is 30.7 Å². The number of aromatic nitrogens is 2. The van der Waals surface area contributed by atoms with Crippen LogP contribution in [0.15, 0.2) is 39.6 Å². The molecule has 0 aliphatic carbocycles. The molecule has 2 aromatic rings. The molecular formula is C20H24ClFN4O. The van der Waals surface area contributed by atoms with Gasteiger partial charge in [0.2, 0.25) is 0 Å². The van der Waals surface area contributed by atoms with Crippen LogP contribution in [-0.4, -0.2) is 41.0 Å². The largest absolute Gasteiger partial charge is 0.298 e. The van der Waals surface area contributed by atoms with Gasteiger partial charge in [0.1, 0.15) is 5.82 Å². The van der Waals surface area contributed by atoms with Gasteiger partial charge in [-0.25, -0.2) is 9.07 Å². The Morgan fingerprint density at radius 2 is 2.26 bits per heavy atom. The van der Waals surface area contributed by atoms with E-state index in [1.807, 2.05) is 6.21 Å². The number of allylic oxidation sites excluding steroid dienone is 1. The van der Waals surface area contributed by atoms with E-state index in [1.54, 1.807) is 17.8 Å². The van der Waals surface area contributed by atoms with Crippen molar-refractivity contribution in [2.75, 3.05) is 20.1 Å². The van der Waals surface area contributed by atoms with Crippen LogP contribution < -0.4 is 5.56 Å². The maximum Gasteiger partial charge on any atom is 0.270 e. The van der Waals surface area contributed by atoms with Crippen LogP contribution in [0.5, 0.6) is 0 Å². The molecule has 0 atom stereocenters. The number of rotatable bonds is 6. The van der Waals surface area contributed by atoms with Crippen molar-refractivity contribution in [3.05, 3.63) is 67.9 Å². The molecule has 27 heavy (non-hydrogen) atoms. The van der Waals surface area contributed by atoms with Crippen molar-refractivity contribution < 1.29 is 4.39 Å². The minimum Gasteiger partial charge on any atom is -0.298 e. The van der Waals surface area contributed by atoms with Crippen molar-refractivity contribution >= 4 is 17.8 Å². The van der Waals surface area contributed by atoms with Crippen LogP contribution in [0.2, 0.25) is 5.02 Å². The lowest BCUT2D eigenvalue weighted by Crippen LogP contribution is -2.33. The Balaban J connectivity index is 1.77. The number of nitrogens with one attached hydrogen (secondary N) is 1. The van der Waals surface area contributed by atoms with Gasteiger partial charge in [-0.3, -0.25) is 19.8 Å². The van der Waals surface area contributed by atoms with Gasteiger partial charge in [0.15, 0.2) is 0 Å². The third kappa shape index (κ3) is 4.57. The minimum absolute atomic E-state index is 0.0236. The molecule has 144 valence electrons. The van der Waals surface area contributed by atoms with Crippen LogP contribution in [0.1, 0.15) is 30.2 Å². The summed E-state index contributed by atoms with van der Waals surface area (Å²) >= 11 is 6.10. The standard InChI is InChI=1S/C20H24ClFN4O/c1-3-4-14(10-23-2)11-25-8-7-17-19(13-25)24-26(20(17)27)12-15-5-6-16(22)9-18(15)21/h4-6,9-10,24H,3,7-8,11-13H2,1-2H3/b14-4+,23-10?. The molecular weight excluding hydrogens is 367 g/mol. The summed E-state index contributed by atoms with van der Waals surface area (Å²) in [5.74, 6) is -0.385. The summed E-state index contributed by atoms with van der Waals surface area (Å²) in [5.41, 5.74) is 3.64. The topological polar surface area (TPSA) is 53.4 Å². The summed E-state index contributed by atoms with van der Waals surface area (Å²) < 4.78 is 14.8. The zero-order valence-corrected chi connectivity index (χ0v) is 16.4. The zero-order chi connectivity index (χ0) is 19.4. The van der Waals surface area contributed by atoms with Crippen LogP contribution in [0.4, 0.5) is 4.39 Å². The number of halogens is 2. The molecule has 1 aromatic heterocycles. The SMILES string of the molecule is CC/C=C(\C=NC)CN1CCc2c([nH]n(Cc3ccc(F)cc3Cl)c2=O)C1. The van der Waals surface area contributed by atoms with Gasteiger partial charge in [-0.05, 0) is 36.1 Å². The van der Waals surface area contributed by atoms with E-state index in [-0.39, 0.29) is 11.4 Å². The monoisotopic (exact) mass is 390 g/mol. The second kappa shape index (κ2) is 8.67. The molecule has 3 rings (SSSR count). The zero-order valence-electron chi connectivity index (χ0n) is 15.6. The van der Waals surface area contributed by atoms with E-state index < -0.39 is 0 Å². The van der Waals surface area contributed by atoms with E-state index in [9.17, 15) is 9.18 Å². The molecule has 1 aliphatic heterocycles. The van der Waals surface area contributed by atoms with Gasteiger partial charge in [-0.2, -0.15) is 0 Å². The number of benzene rings is 1. The van der Waals surface area contributed by atoms with E-state index in [0.717, 1.165) is 30.8 Å². The smallest absolute Gasteiger partial charge is 0.270 e. The first kappa shape index (κ1) is 19.6. The molecule has 1 N–H and O–H groups in total. The molecule has 1 aromatic carbocycles. The molecule has 0 fully saturated rings. The highest BCUT2D eigenvalue weighted by Gasteiger charge is 2.23. The van der Waals surface area contributed by atoms with Gasteiger partial charge < -0.3 is 0 Å². The van der Waals surface area contributed by atoms with Crippen LogP contribution in [0, 0.1) is 5.82 Å². The second-order valence-electron chi connectivity index (χ2n) is 6.73. The van der Waals surface area contributed by atoms with E-state index in [1.165, 1.54) is 17.7 Å². The second-order valence-corrected chi connectivity index (χ2v) is 7.14. The fourth-order valence-corrected chi connectivity index (χ4v) is 3.67. The fourth-order valence-electron chi connectivity index (χ4n) is 3.45. The van der Waals surface area contributed by atoms with Crippen molar-refractivity contribution in [2.45, 2.75) is 32.9 Å². The van der Waals surface area contributed by atoms with Crippen LogP contribution >= 0.6 is 11.6 Å². The number of fused-ring (bicyclic) bond motifs is 1. The normalized spacial score (nSPS) is 15.5. The van der Waals surface area contributed by atoms with Gasteiger partial charge in [0.25, 0.3) is 5.56 Å². The summed E-state index contributed by atoms with van der Waals surface area (Å²) in [5, 5.41) is 3.54. The molecule has 0 unspecified atom stereocenters. The van der Waals surface area contributed by atoms with E-state index in [0.29, 0.717) is 30.1 Å². The molecule has 2 heterocycles. The van der Waals surface area contributed by atoms with Crippen molar-refractivity contribution in [3.63, 3.8) is 0 Å². The van der Waals surface area contributed by atoms with Crippen LogP contribution in [0.25, 0.3) is 0 Å². The predicted octanol–water partition coefficient (Wildman–Crippen LogP) is 3.41. The number of aromatic amines is 1. The van der Waals surface area contributed by atoms with Crippen molar-refractivity contribution in [1.29, 1.82) is 0 Å². The van der Waals surface area contributed by atoms with Crippen molar-refractivity contribution in [1.82, 2.24) is 14.7 Å². The number of nitrogens with zero attached hydrogens (tertiary/aromatic N) is 3. The highest BCUT2D eigenvalue weighted by atomic mass is 35.5. The summed E-state index contributed by atoms with van der Waals surface area (Å²) in [6, 6.07) is 4.24. The minimum atomic E-state index is -0.385. The lowest BCUT2D eigenvalue weighted by atomic mass is 10.1. The molecule has 1 aliphatic rings. The maximum absolute atomic E-state index is 13.2. The number of hydrogen-bond donors (Lipinski definition) is 1. The number of H-pyrrole nitrogens is 1. The summed E-state index contributed by atoms with van der Waals surface area (Å²) in [7, 11) is 1.77. The van der Waals surface area contributed by atoms with E-state index >= 15 is 0 Å². The highest BCUT2D eigenvalue weighted by molar-refractivity contribution is 6.31. The Hall–Kier alpha value is -2.18. The van der Waals surface area contributed by atoms with Gasteiger partial charge >= 0.3 is 0 Å². The van der Waals surface area contributed by atoms with E-state index in [2.05, 4.69) is 28.0 Å². The molecule has 7 heteroatoms. The summed E-state index contributed by atoms with van der Waals surface area (Å²) in [6.45, 7) is 4.73. The lowest BCUT2D eigenvalue weighted by molar-refractivity contribution is 0.274. The van der Waals surface area contributed by atoms with Crippen molar-refractivity contribution in [2.24, 2.45) is 4.99 Å². The predicted molar refractivity (Wildman–Crippen MR) is 107 cm³/mol. The molecule has 5 nitrogen and oxygen atoms in total. The molecule has 0 spiro atoms. The van der Waals surface area contributed by atoms with Gasteiger partial charge in [0.05, 0.1) is 12.2 Å². The average Bonchev–Trinajstić information content (AvgIpc) is 2.93. The maximum atomic E-state index is 13.2. The number of aliphatic imine (C=N–C) groups is 1. The Morgan fingerprint density at radius 1 is 1.44 bits per heavy atom. The third-order valence-electron chi connectivity index (χ3n) is 4.71. The Morgan fingerprint density at radius 3 is 2.96 bits per heavy atom. The first-order valence-electron chi connectivity index (χ1n) is 9.09.